The maximum atomic E-state index is 13.7. The highest BCUT2D eigenvalue weighted by molar-refractivity contribution is 6.36. The number of alkyl halides is 1. The number of carbonyl (C=O) groups excluding carboxylic acids is 1. The van der Waals surface area contributed by atoms with Crippen molar-refractivity contribution in [3.63, 3.8) is 0 Å². The molecule has 2 aromatic rings. The summed E-state index contributed by atoms with van der Waals surface area (Å²) in [6.45, 7) is 2.46. The molecule has 0 radical (unpaired) electrons. The summed E-state index contributed by atoms with van der Waals surface area (Å²) >= 11 is 0. The SMILES string of the molecule is O=C1Nc2ccc(F)cc2/C1=C1\OCc2cc(CN3CCCC(F)C3)ccc21. The molecule has 5 rings (SSSR count). The van der Waals surface area contributed by atoms with Gasteiger partial charge in [-0.1, -0.05) is 18.2 Å². The number of benzene rings is 2. The molecule has 0 bridgehead atoms. The zero-order valence-electron chi connectivity index (χ0n) is 15.3. The zero-order valence-corrected chi connectivity index (χ0v) is 15.3. The minimum absolute atomic E-state index is 0.283. The van der Waals surface area contributed by atoms with E-state index in [1.807, 2.05) is 12.1 Å². The summed E-state index contributed by atoms with van der Waals surface area (Å²) in [6, 6.07) is 10.2. The van der Waals surface area contributed by atoms with Crippen molar-refractivity contribution in [1.29, 1.82) is 0 Å². The Bertz CT molecular complexity index is 1000. The first-order valence-electron chi connectivity index (χ1n) is 9.55. The van der Waals surface area contributed by atoms with Crippen molar-refractivity contribution in [2.45, 2.75) is 32.2 Å². The molecule has 0 aromatic heterocycles. The summed E-state index contributed by atoms with van der Waals surface area (Å²) in [7, 11) is 0. The summed E-state index contributed by atoms with van der Waals surface area (Å²) in [6.07, 6.45) is 0.788. The van der Waals surface area contributed by atoms with Crippen LogP contribution in [0.25, 0.3) is 11.3 Å². The molecule has 2 aromatic carbocycles. The van der Waals surface area contributed by atoms with E-state index in [9.17, 15) is 13.6 Å². The van der Waals surface area contributed by atoms with Crippen molar-refractivity contribution in [1.82, 2.24) is 4.90 Å². The molecule has 1 fully saturated rings. The van der Waals surface area contributed by atoms with Crippen LogP contribution in [0.4, 0.5) is 14.5 Å². The number of halogens is 2. The summed E-state index contributed by atoms with van der Waals surface area (Å²) in [4.78, 5) is 14.6. The third-order valence-corrected chi connectivity index (χ3v) is 5.59. The van der Waals surface area contributed by atoms with E-state index in [1.165, 1.54) is 12.1 Å². The van der Waals surface area contributed by atoms with E-state index in [0.717, 1.165) is 29.7 Å². The Morgan fingerprint density at radius 3 is 2.93 bits per heavy atom. The second-order valence-corrected chi connectivity index (χ2v) is 7.60. The first-order valence-corrected chi connectivity index (χ1v) is 9.55. The van der Waals surface area contributed by atoms with Gasteiger partial charge in [0.05, 0.1) is 5.57 Å². The number of anilines is 1. The lowest BCUT2D eigenvalue weighted by Gasteiger charge is -2.28. The van der Waals surface area contributed by atoms with Crippen LogP contribution in [0.1, 0.15) is 35.1 Å². The lowest BCUT2D eigenvalue weighted by atomic mass is 9.98. The van der Waals surface area contributed by atoms with Gasteiger partial charge in [-0.05, 0) is 43.1 Å². The third-order valence-electron chi connectivity index (χ3n) is 5.59. The van der Waals surface area contributed by atoms with Crippen LogP contribution >= 0.6 is 0 Å². The average molecular weight is 382 g/mol. The average Bonchev–Trinajstić information content (AvgIpc) is 3.21. The molecule has 28 heavy (non-hydrogen) atoms. The predicted octanol–water partition coefficient (Wildman–Crippen LogP) is 4.11. The number of likely N-dealkylation sites (tertiary alicyclic amines) is 1. The molecule has 4 nitrogen and oxygen atoms in total. The maximum absolute atomic E-state index is 13.7. The zero-order chi connectivity index (χ0) is 19.3. The van der Waals surface area contributed by atoms with Crippen molar-refractivity contribution in [2.24, 2.45) is 0 Å². The number of amides is 1. The largest absolute Gasteiger partial charge is 0.487 e. The lowest BCUT2D eigenvalue weighted by molar-refractivity contribution is -0.110. The van der Waals surface area contributed by atoms with Crippen molar-refractivity contribution >= 4 is 22.9 Å². The number of fused-ring (bicyclic) bond motifs is 2. The van der Waals surface area contributed by atoms with Crippen LogP contribution in [-0.4, -0.2) is 30.1 Å². The van der Waals surface area contributed by atoms with Gasteiger partial charge in [0, 0.05) is 35.5 Å². The minimum Gasteiger partial charge on any atom is -0.487 e. The highest BCUT2D eigenvalue weighted by Gasteiger charge is 2.33. The number of piperidine rings is 1. The van der Waals surface area contributed by atoms with Crippen LogP contribution < -0.4 is 5.32 Å². The number of nitrogens with one attached hydrogen (secondary N) is 1. The first kappa shape index (κ1) is 17.4. The second-order valence-electron chi connectivity index (χ2n) is 7.60. The summed E-state index contributed by atoms with van der Waals surface area (Å²) < 4.78 is 33.2. The summed E-state index contributed by atoms with van der Waals surface area (Å²) in [5, 5.41) is 2.77. The number of rotatable bonds is 2. The Morgan fingerprint density at radius 1 is 1.18 bits per heavy atom. The number of hydrogen-bond donors (Lipinski definition) is 1. The molecule has 144 valence electrons. The van der Waals surface area contributed by atoms with Crippen LogP contribution in [0.2, 0.25) is 0 Å². The molecule has 1 N–H and O–H groups in total. The molecular weight excluding hydrogens is 362 g/mol. The standard InChI is InChI=1S/C22H20F2N2O2/c23-15-4-6-19-18(9-15)20(22(27)25-19)21-17-5-3-13(8-14(17)12-28-21)10-26-7-1-2-16(24)11-26/h3-6,8-9,16H,1-2,7,10-12H2,(H,25,27)/b21-20+. The molecule has 1 saturated heterocycles. The fourth-order valence-corrected chi connectivity index (χ4v) is 4.29. The molecule has 0 saturated carbocycles. The molecule has 1 atom stereocenters. The van der Waals surface area contributed by atoms with Crippen LogP contribution in [0.5, 0.6) is 0 Å². The van der Waals surface area contributed by atoms with Gasteiger partial charge < -0.3 is 10.1 Å². The van der Waals surface area contributed by atoms with E-state index in [-0.39, 0.29) is 5.91 Å². The molecule has 1 amide bonds. The van der Waals surface area contributed by atoms with E-state index < -0.39 is 12.0 Å². The molecule has 0 aliphatic carbocycles. The highest BCUT2D eigenvalue weighted by atomic mass is 19.1. The minimum atomic E-state index is -0.746. The molecular formula is C22H20F2N2O2. The number of hydrogen-bond acceptors (Lipinski definition) is 3. The second kappa shape index (κ2) is 6.71. The third kappa shape index (κ3) is 2.98. The van der Waals surface area contributed by atoms with E-state index in [2.05, 4.69) is 16.3 Å². The van der Waals surface area contributed by atoms with Crippen molar-refractivity contribution in [2.75, 3.05) is 18.4 Å². The normalized spacial score (nSPS) is 23.9. The van der Waals surface area contributed by atoms with Crippen molar-refractivity contribution in [3.8, 4) is 0 Å². The van der Waals surface area contributed by atoms with Crippen LogP contribution in [0, 0.1) is 5.82 Å². The number of ether oxygens (including phenoxy) is 1. The fourth-order valence-electron chi connectivity index (χ4n) is 4.29. The van der Waals surface area contributed by atoms with Gasteiger partial charge in [0.25, 0.3) is 5.91 Å². The molecule has 6 heteroatoms. The Morgan fingerprint density at radius 2 is 2.07 bits per heavy atom. The van der Waals surface area contributed by atoms with E-state index >= 15 is 0 Å². The Labute approximate surface area is 161 Å². The van der Waals surface area contributed by atoms with E-state index in [1.54, 1.807) is 6.07 Å². The smallest absolute Gasteiger partial charge is 0.260 e. The summed E-state index contributed by atoms with van der Waals surface area (Å²) in [5.41, 5.74) is 4.44. The van der Waals surface area contributed by atoms with Gasteiger partial charge >= 0.3 is 0 Å². The van der Waals surface area contributed by atoms with Crippen LogP contribution in [0.3, 0.4) is 0 Å². The van der Waals surface area contributed by atoms with Gasteiger partial charge in [0.1, 0.15) is 24.4 Å². The first-order chi connectivity index (χ1) is 13.6. The monoisotopic (exact) mass is 382 g/mol. The Kier molecular flexibility index (Phi) is 4.16. The quantitative estimate of drug-likeness (QED) is 0.795. The van der Waals surface area contributed by atoms with Gasteiger partial charge in [-0.2, -0.15) is 0 Å². The molecule has 3 aliphatic rings. The predicted molar refractivity (Wildman–Crippen MR) is 102 cm³/mol. The molecule has 3 heterocycles. The van der Waals surface area contributed by atoms with E-state index in [0.29, 0.717) is 48.7 Å². The molecule has 3 aliphatic heterocycles. The van der Waals surface area contributed by atoms with Gasteiger partial charge in [0.15, 0.2) is 0 Å². The molecule has 0 spiro atoms. The van der Waals surface area contributed by atoms with Crippen molar-refractivity contribution in [3.05, 3.63) is 64.5 Å². The van der Waals surface area contributed by atoms with Crippen LogP contribution in [-0.2, 0) is 22.7 Å². The van der Waals surface area contributed by atoms with E-state index in [4.69, 9.17) is 4.74 Å². The fraction of sp³-hybridized carbons (Fsp3) is 0.318. The number of nitrogens with zero attached hydrogens (tertiary/aromatic N) is 1. The number of carbonyl (C=O) groups is 1. The Hall–Kier alpha value is -2.73. The van der Waals surface area contributed by atoms with Gasteiger partial charge in [-0.25, -0.2) is 8.78 Å². The van der Waals surface area contributed by atoms with Gasteiger partial charge in [0.2, 0.25) is 0 Å². The lowest BCUT2D eigenvalue weighted by Crippen LogP contribution is -2.35. The molecule has 1 unspecified atom stereocenters. The summed E-state index contributed by atoms with van der Waals surface area (Å²) in [5.74, 6) is -0.186. The van der Waals surface area contributed by atoms with Crippen LogP contribution in [0.15, 0.2) is 36.4 Å². The van der Waals surface area contributed by atoms with Crippen molar-refractivity contribution < 1.29 is 18.3 Å². The topological polar surface area (TPSA) is 41.6 Å². The van der Waals surface area contributed by atoms with Gasteiger partial charge in [-0.15, -0.1) is 0 Å². The maximum Gasteiger partial charge on any atom is 0.260 e. The Balaban J connectivity index is 1.47. The highest BCUT2D eigenvalue weighted by Crippen LogP contribution is 2.42. The van der Waals surface area contributed by atoms with Gasteiger partial charge in [-0.3, -0.25) is 9.69 Å².